The lowest BCUT2D eigenvalue weighted by molar-refractivity contribution is 0.563. The summed E-state index contributed by atoms with van der Waals surface area (Å²) < 4.78 is 20.8. The number of hydrogen-bond acceptors (Lipinski definition) is 1. The minimum Gasteiger partial charge on any atom is -0.302 e. The van der Waals surface area contributed by atoms with E-state index in [1.165, 1.54) is 0 Å². The second kappa shape index (κ2) is 5.24. The molecule has 13 heavy (non-hydrogen) atoms. The molecule has 0 aliphatic carbocycles. The molecule has 0 spiro atoms. The van der Waals surface area contributed by atoms with E-state index in [1.807, 2.05) is 6.07 Å². The van der Waals surface area contributed by atoms with Gasteiger partial charge < -0.3 is 4.55 Å². The summed E-state index contributed by atoms with van der Waals surface area (Å²) >= 11 is 4.73. The summed E-state index contributed by atoms with van der Waals surface area (Å²) in [4.78, 5) is 0.489. The molecule has 0 aromatic heterocycles. The van der Waals surface area contributed by atoms with E-state index >= 15 is 0 Å². The number of rotatable bonds is 3. The maximum Gasteiger partial charge on any atom is 0.186 e. The Kier molecular flexibility index (Phi) is 4.58. The number of hydrogen-bond donors (Lipinski definition) is 1. The highest BCUT2D eigenvalue weighted by Gasteiger charge is 2.07. The smallest absolute Gasteiger partial charge is 0.186 e. The summed E-state index contributed by atoms with van der Waals surface area (Å²) in [6, 6.07) is 5.30. The Morgan fingerprint density at radius 2 is 2.15 bits per heavy atom. The van der Waals surface area contributed by atoms with E-state index in [9.17, 15) is 4.21 Å². The van der Waals surface area contributed by atoms with Gasteiger partial charge in [0.1, 0.15) is 0 Å². The van der Waals surface area contributed by atoms with Crippen LogP contribution in [-0.2, 0) is 17.5 Å². The van der Waals surface area contributed by atoms with E-state index in [0.717, 1.165) is 21.8 Å². The Bertz CT molecular complexity index is 328. The second-order valence-electron chi connectivity index (χ2n) is 2.44. The van der Waals surface area contributed by atoms with Gasteiger partial charge in [0.2, 0.25) is 0 Å². The van der Waals surface area contributed by atoms with E-state index in [-0.39, 0.29) is 0 Å². The van der Waals surface area contributed by atoms with E-state index in [1.54, 1.807) is 12.1 Å². The van der Waals surface area contributed by atoms with Crippen molar-refractivity contribution in [2.45, 2.75) is 11.3 Å². The van der Waals surface area contributed by atoms with Gasteiger partial charge in [-0.3, -0.25) is 0 Å². The SMILES string of the molecule is O=S(O)c1ccc(Br)cc1CCBr. The molecule has 1 rings (SSSR count). The first-order chi connectivity index (χ1) is 6.15. The summed E-state index contributed by atoms with van der Waals surface area (Å²) in [5.74, 6) is 0. The summed E-state index contributed by atoms with van der Waals surface area (Å²) in [5.41, 5.74) is 0.895. The molecule has 0 radical (unpaired) electrons. The maximum atomic E-state index is 10.9. The zero-order valence-corrected chi connectivity index (χ0v) is 10.7. The first kappa shape index (κ1) is 11.4. The van der Waals surface area contributed by atoms with Gasteiger partial charge in [0.15, 0.2) is 11.1 Å². The minimum absolute atomic E-state index is 0.489. The van der Waals surface area contributed by atoms with Gasteiger partial charge >= 0.3 is 0 Å². The van der Waals surface area contributed by atoms with Crippen LogP contribution in [0.15, 0.2) is 27.6 Å². The Hall–Kier alpha value is 0.290. The lowest BCUT2D eigenvalue weighted by Gasteiger charge is -2.04. The van der Waals surface area contributed by atoms with Crippen LogP contribution in [0.5, 0.6) is 0 Å². The molecule has 0 saturated heterocycles. The average Bonchev–Trinajstić information content (AvgIpc) is 2.04. The number of aryl methyl sites for hydroxylation is 1. The first-order valence-corrected chi connectivity index (χ1v) is 6.62. The van der Waals surface area contributed by atoms with Crippen LogP contribution < -0.4 is 0 Å². The zero-order chi connectivity index (χ0) is 9.84. The molecule has 72 valence electrons. The number of benzene rings is 1. The molecule has 0 amide bonds. The zero-order valence-electron chi connectivity index (χ0n) is 6.67. The van der Waals surface area contributed by atoms with Gasteiger partial charge in [0, 0.05) is 9.80 Å². The third kappa shape index (κ3) is 3.16. The molecule has 0 bridgehead atoms. The topological polar surface area (TPSA) is 37.3 Å². The van der Waals surface area contributed by atoms with Gasteiger partial charge in [-0.15, -0.1) is 0 Å². The Morgan fingerprint density at radius 3 is 2.69 bits per heavy atom. The van der Waals surface area contributed by atoms with Crippen molar-refractivity contribution in [1.82, 2.24) is 0 Å². The van der Waals surface area contributed by atoms with Gasteiger partial charge in [0.05, 0.1) is 4.90 Å². The largest absolute Gasteiger partial charge is 0.302 e. The van der Waals surface area contributed by atoms with Gasteiger partial charge in [-0.1, -0.05) is 31.9 Å². The van der Waals surface area contributed by atoms with Crippen molar-refractivity contribution in [3.8, 4) is 0 Å². The van der Waals surface area contributed by atoms with Crippen molar-refractivity contribution in [2.24, 2.45) is 0 Å². The fourth-order valence-corrected chi connectivity index (χ4v) is 2.42. The van der Waals surface area contributed by atoms with Crippen molar-refractivity contribution < 1.29 is 8.76 Å². The van der Waals surface area contributed by atoms with Crippen LogP contribution in [0.2, 0.25) is 0 Å². The molecule has 1 N–H and O–H groups in total. The average molecular weight is 328 g/mol. The van der Waals surface area contributed by atoms with Crippen LogP contribution in [0.3, 0.4) is 0 Å². The fraction of sp³-hybridized carbons (Fsp3) is 0.250. The van der Waals surface area contributed by atoms with Crippen molar-refractivity contribution >= 4 is 42.9 Å². The van der Waals surface area contributed by atoms with Crippen LogP contribution in [0.1, 0.15) is 5.56 Å². The molecule has 1 unspecified atom stereocenters. The van der Waals surface area contributed by atoms with Gasteiger partial charge in [0.25, 0.3) is 0 Å². The normalized spacial score (nSPS) is 12.8. The molecule has 1 aromatic carbocycles. The summed E-state index contributed by atoms with van der Waals surface area (Å²) in [5, 5.41) is 0.785. The summed E-state index contributed by atoms with van der Waals surface area (Å²) in [7, 11) is 0. The Balaban J connectivity index is 3.10. The fourth-order valence-electron chi connectivity index (χ4n) is 1.02. The monoisotopic (exact) mass is 326 g/mol. The molecule has 0 aliphatic rings. The lowest BCUT2D eigenvalue weighted by Crippen LogP contribution is -1.97. The number of alkyl halides is 1. The van der Waals surface area contributed by atoms with Gasteiger partial charge in [-0.2, -0.15) is 0 Å². The molecular formula is C8H8Br2O2S. The molecule has 1 atom stereocenters. The van der Waals surface area contributed by atoms with Crippen LogP contribution in [0, 0.1) is 0 Å². The van der Waals surface area contributed by atoms with Crippen LogP contribution >= 0.6 is 31.9 Å². The first-order valence-electron chi connectivity index (χ1n) is 3.60. The van der Waals surface area contributed by atoms with E-state index in [2.05, 4.69) is 31.9 Å². The summed E-state index contributed by atoms with van der Waals surface area (Å²) in [6.07, 6.45) is 0.751. The molecular weight excluding hydrogens is 320 g/mol. The highest BCUT2D eigenvalue weighted by atomic mass is 79.9. The van der Waals surface area contributed by atoms with Crippen LogP contribution in [0.25, 0.3) is 0 Å². The predicted molar refractivity (Wildman–Crippen MR) is 60.7 cm³/mol. The predicted octanol–water partition coefficient (Wildman–Crippen LogP) is 2.97. The maximum absolute atomic E-state index is 10.9. The highest BCUT2D eigenvalue weighted by molar-refractivity contribution is 9.10. The van der Waals surface area contributed by atoms with Crippen LogP contribution in [0.4, 0.5) is 0 Å². The van der Waals surface area contributed by atoms with Crippen molar-refractivity contribution in [2.75, 3.05) is 5.33 Å². The van der Waals surface area contributed by atoms with E-state index < -0.39 is 11.1 Å². The molecule has 0 aliphatic heterocycles. The van der Waals surface area contributed by atoms with E-state index in [0.29, 0.717) is 4.90 Å². The minimum atomic E-state index is -1.89. The quantitative estimate of drug-likeness (QED) is 0.684. The van der Waals surface area contributed by atoms with Crippen molar-refractivity contribution in [3.63, 3.8) is 0 Å². The van der Waals surface area contributed by atoms with Gasteiger partial charge in [-0.05, 0) is 30.2 Å². The van der Waals surface area contributed by atoms with Gasteiger partial charge in [-0.25, -0.2) is 4.21 Å². The lowest BCUT2D eigenvalue weighted by atomic mass is 10.2. The third-order valence-corrected chi connectivity index (χ3v) is 3.24. The Morgan fingerprint density at radius 1 is 1.46 bits per heavy atom. The Labute approximate surface area is 96.3 Å². The molecule has 0 heterocycles. The summed E-state index contributed by atoms with van der Waals surface area (Å²) in [6.45, 7) is 0. The van der Waals surface area contributed by atoms with Crippen molar-refractivity contribution in [1.29, 1.82) is 0 Å². The highest BCUT2D eigenvalue weighted by Crippen LogP contribution is 2.19. The molecule has 1 aromatic rings. The molecule has 2 nitrogen and oxygen atoms in total. The van der Waals surface area contributed by atoms with E-state index in [4.69, 9.17) is 4.55 Å². The molecule has 0 fully saturated rings. The van der Waals surface area contributed by atoms with Crippen LogP contribution in [-0.4, -0.2) is 14.1 Å². The second-order valence-corrected chi connectivity index (χ2v) is 5.09. The molecule has 0 saturated carbocycles. The number of halogens is 2. The molecule has 5 heteroatoms. The standard InChI is InChI=1S/C8H8Br2O2S/c9-4-3-6-5-7(10)1-2-8(6)13(11)12/h1-2,5H,3-4H2,(H,11,12). The third-order valence-electron chi connectivity index (χ3n) is 1.57. The van der Waals surface area contributed by atoms with Crippen molar-refractivity contribution in [3.05, 3.63) is 28.2 Å².